The van der Waals surface area contributed by atoms with Crippen molar-refractivity contribution < 1.29 is 9.59 Å². The van der Waals surface area contributed by atoms with Crippen LogP contribution < -0.4 is 15.5 Å². The zero-order valence-corrected chi connectivity index (χ0v) is 20.7. The van der Waals surface area contributed by atoms with Gasteiger partial charge in [0.2, 0.25) is 5.91 Å². The fraction of sp³-hybridized carbons (Fsp3) is 0.0741. The highest BCUT2D eigenvalue weighted by atomic mass is 32.2. The van der Waals surface area contributed by atoms with Gasteiger partial charge in [-0.3, -0.25) is 4.79 Å². The van der Waals surface area contributed by atoms with Gasteiger partial charge >= 0.3 is 6.03 Å². The van der Waals surface area contributed by atoms with Gasteiger partial charge < -0.3 is 20.5 Å². The molecule has 0 unspecified atom stereocenters. The van der Waals surface area contributed by atoms with Crippen molar-refractivity contribution in [1.29, 1.82) is 0 Å². The number of carbonyl (C=O) groups excluding carboxylic acids is 2. The highest BCUT2D eigenvalue weighted by Crippen LogP contribution is 2.38. The van der Waals surface area contributed by atoms with Gasteiger partial charge in [0, 0.05) is 44.8 Å². The molecule has 3 aromatic carbocycles. The first-order valence-corrected chi connectivity index (χ1v) is 13.2. The number of H-pyrrole nitrogens is 1. The van der Waals surface area contributed by atoms with Crippen LogP contribution in [0.2, 0.25) is 0 Å². The average Bonchev–Trinajstić information content (AvgIpc) is 3.57. The van der Waals surface area contributed by atoms with E-state index in [1.807, 2.05) is 78.3 Å². The highest BCUT2D eigenvalue weighted by Gasteiger charge is 2.25. The van der Waals surface area contributed by atoms with Crippen molar-refractivity contribution in [2.45, 2.75) is 11.4 Å². The van der Waals surface area contributed by atoms with Gasteiger partial charge in [0.1, 0.15) is 0 Å². The Bertz CT molecular complexity index is 1560. The minimum atomic E-state index is -0.358. The summed E-state index contributed by atoms with van der Waals surface area (Å²) in [5.74, 6) is 0.449. The van der Waals surface area contributed by atoms with Crippen LogP contribution in [0.4, 0.5) is 21.9 Å². The van der Waals surface area contributed by atoms with Gasteiger partial charge in [-0.1, -0.05) is 36.4 Å². The molecule has 3 amide bonds. The standard InChI is InChI=1S/C27H21N5O2S2/c33-26-16-35-25-9-7-20(11-24(25)32(26)14-17-4-2-1-3-5-17)30-27(34)31-23-13-28-22-8-6-18(10-21(22)23)19-12-29-36-15-19/h1-13,15,28H,14,16H2,(H2,30,31,34). The van der Waals surface area contributed by atoms with E-state index < -0.39 is 0 Å². The van der Waals surface area contributed by atoms with Crippen molar-refractivity contribution in [3.05, 3.63) is 90.1 Å². The summed E-state index contributed by atoms with van der Waals surface area (Å²) < 4.78 is 4.18. The van der Waals surface area contributed by atoms with Crippen LogP contribution in [0.15, 0.2) is 89.4 Å². The average molecular weight is 512 g/mol. The van der Waals surface area contributed by atoms with Crippen LogP contribution in [-0.4, -0.2) is 27.0 Å². The second-order valence-corrected chi connectivity index (χ2v) is 10.1. The Labute approximate surface area is 215 Å². The van der Waals surface area contributed by atoms with Gasteiger partial charge in [-0.15, -0.1) is 11.8 Å². The van der Waals surface area contributed by atoms with Crippen molar-refractivity contribution in [2.24, 2.45) is 0 Å². The van der Waals surface area contributed by atoms with Crippen molar-refractivity contribution >= 4 is 63.2 Å². The lowest BCUT2D eigenvalue weighted by atomic mass is 10.1. The van der Waals surface area contributed by atoms with Crippen molar-refractivity contribution in [3.8, 4) is 11.1 Å². The largest absolute Gasteiger partial charge is 0.359 e. The number of anilines is 3. The molecule has 2 aromatic heterocycles. The number of carbonyl (C=O) groups is 2. The van der Waals surface area contributed by atoms with E-state index in [4.69, 9.17) is 0 Å². The molecule has 0 aliphatic carbocycles. The zero-order valence-electron chi connectivity index (χ0n) is 19.0. The number of fused-ring (bicyclic) bond motifs is 2. The van der Waals surface area contributed by atoms with Gasteiger partial charge in [-0.05, 0) is 53.0 Å². The highest BCUT2D eigenvalue weighted by molar-refractivity contribution is 8.00. The summed E-state index contributed by atoms with van der Waals surface area (Å²) in [5, 5.41) is 8.77. The minimum absolute atomic E-state index is 0.0494. The Hall–Kier alpha value is -4.08. The van der Waals surface area contributed by atoms with Crippen molar-refractivity contribution in [3.63, 3.8) is 0 Å². The van der Waals surface area contributed by atoms with E-state index in [1.165, 1.54) is 23.3 Å². The third-order valence-corrected chi connectivity index (χ3v) is 7.67. The fourth-order valence-electron chi connectivity index (χ4n) is 4.25. The molecule has 6 rings (SSSR count). The maximum atomic E-state index is 12.9. The molecule has 0 saturated carbocycles. The number of benzene rings is 3. The van der Waals surface area contributed by atoms with Gasteiger partial charge in [-0.25, -0.2) is 9.17 Å². The van der Waals surface area contributed by atoms with Gasteiger partial charge in [0.15, 0.2) is 0 Å². The molecule has 178 valence electrons. The normalized spacial score (nSPS) is 13.0. The molecule has 0 spiro atoms. The number of hydrogen-bond donors (Lipinski definition) is 3. The van der Waals surface area contributed by atoms with Crippen LogP contribution >= 0.6 is 23.3 Å². The molecule has 3 N–H and O–H groups in total. The first-order chi connectivity index (χ1) is 17.6. The summed E-state index contributed by atoms with van der Waals surface area (Å²) in [6.07, 6.45) is 3.61. The monoisotopic (exact) mass is 511 g/mol. The summed E-state index contributed by atoms with van der Waals surface area (Å²) in [7, 11) is 0. The lowest BCUT2D eigenvalue weighted by molar-refractivity contribution is -0.116. The first kappa shape index (κ1) is 22.4. The predicted molar refractivity (Wildman–Crippen MR) is 147 cm³/mol. The van der Waals surface area contributed by atoms with E-state index in [0.29, 0.717) is 23.7 Å². The Morgan fingerprint density at radius 1 is 1.03 bits per heavy atom. The number of nitrogens with zero attached hydrogens (tertiary/aromatic N) is 2. The second-order valence-electron chi connectivity index (χ2n) is 8.39. The number of nitrogens with one attached hydrogen (secondary N) is 3. The molecule has 1 aliphatic heterocycles. The molecular weight excluding hydrogens is 490 g/mol. The van der Waals surface area contributed by atoms with E-state index in [9.17, 15) is 9.59 Å². The molecule has 0 saturated heterocycles. The SMILES string of the molecule is O=C(Nc1ccc2c(c1)N(Cc1ccccc1)C(=O)CS2)Nc1c[nH]c2ccc(-c3cnsc3)cc12. The van der Waals surface area contributed by atoms with E-state index in [-0.39, 0.29) is 11.9 Å². The number of thioether (sulfide) groups is 1. The third kappa shape index (κ3) is 4.46. The van der Waals surface area contributed by atoms with Crippen molar-refractivity contribution in [1.82, 2.24) is 9.36 Å². The summed E-state index contributed by atoms with van der Waals surface area (Å²) in [6, 6.07) is 21.3. The Morgan fingerprint density at radius 3 is 2.75 bits per heavy atom. The van der Waals surface area contributed by atoms with E-state index in [1.54, 1.807) is 11.1 Å². The molecule has 5 aromatic rings. The topological polar surface area (TPSA) is 90.1 Å². The van der Waals surface area contributed by atoms with Crippen LogP contribution in [0.3, 0.4) is 0 Å². The molecule has 36 heavy (non-hydrogen) atoms. The van der Waals surface area contributed by atoms with Crippen LogP contribution in [-0.2, 0) is 11.3 Å². The number of hydrogen-bond acceptors (Lipinski definition) is 5. The molecule has 0 fully saturated rings. The second kappa shape index (κ2) is 9.52. The Morgan fingerprint density at radius 2 is 1.92 bits per heavy atom. The van der Waals surface area contributed by atoms with Crippen molar-refractivity contribution in [2.75, 3.05) is 21.3 Å². The first-order valence-electron chi connectivity index (χ1n) is 11.3. The number of amides is 3. The molecular formula is C27H21N5O2S2. The maximum absolute atomic E-state index is 12.9. The summed E-state index contributed by atoms with van der Waals surface area (Å²) >= 11 is 2.92. The minimum Gasteiger partial charge on any atom is -0.359 e. The number of aromatic amines is 1. The molecule has 3 heterocycles. The molecule has 0 bridgehead atoms. The number of rotatable bonds is 5. The Kier molecular flexibility index (Phi) is 5.92. The molecule has 9 heteroatoms. The van der Waals surface area contributed by atoms with Gasteiger partial charge in [-0.2, -0.15) is 0 Å². The van der Waals surface area contributed by atoms with Gasteiger partial charge in [0.25, 0.3) is 0 Å². The number of aromatic nitrogens is 2. The van der Waals surface area contributed by atoms with Gasteiger partial charge in [0.05, 0.1) is 23.7 Å². The van der Waals surface area contributed by atoms with Crippen LogP contribution in [0.1, 0.15) is 5.56 Å². The fourth-order valence-corrected chi connectivity index (χ4v) is 5.72. The lowest BCUT2D eigenvalue weighted by Crippen LogP contribution is -2.34. The summed E-state index contributed by atoms with van der Waals surface area (Å²) in [4.78, 5) is 31.7. The molecule has 1 aliphatic rings. The summed E-state index contributed by atoms with van der Waals surface area (Å²) in [6.45, 7) is 0.486. The smallest absolute Gasteiger partial charge is 0.323 e. The quantitative estimate of drug-likeness (QED) is 0.249. The summed E-state index contributed by atoms with van der Waals surface area (Å²) in [5.41, 5.74) is 6.16. The molecule has 0 radical (unpaired) electrons. The molecule has 0 atom stereocenters. The number of urea groups is 1. The Balaban J connectivity index is 1.22. The molecule has 7 nitrogen and oxygen atoms in total. The van der Waals surface area contributed by atoms with Crippen LogP contribution in [0.5, 0.6) is 0 Å². The predicted octanol–water partition coefficient (Wildman–Crippen LogP) is 6.57. The zero-order chi connectivity index (χ0) is 24.5. The third-order valence-electron chi connectivity index (χ3n) is 6.04. The van der Waals surface area contributed by atoms with Crippen LogP contribution in [0.25, 0.3) is 22.0 Å². The lowest BCUT2D eigenvalue weighted by Gasteiger charge is -2.29. The maximum Gasteiger partial charge on any atom is 0.323 e. The van der Waals surface area contributed by atoms with E-state index in [2.05, 4.69) is 20.0 Å². The van der Waals surface area contributed by atoms with Crippen LogP contribution in [0, 0.1) is 0 Å². The van der Waals surface area contributed by atoms with E-state index >= 15 is 0 Å². The van der Waals surface area contributed by atoms with E-state index in [0.717, 1.165) is 38.2 Å².